The maximum absolute atomic E-state index is 12.4. The van der Waals surface area contributed by atoms with E-state index in [2.05, 4.69) is 15.1 Å². The third-order valence-corrected chi connectivity index (χ3v) is 4.28. The summed E-state index contributed by atoms with van der Waals surface area (Å²) in [4.78, 5) is 22.5. The largest absolute Gasteiger partial charge is 0.472 e. The summed E-state index contributed by atoms with van der Waals surface area (Å²) >= 11 is 0. The van der Waals surface area contributed by atoms with Crippen LogP contribution in [-0.2, 0) is 11.3 Å². The van der Waals surface area contributed by atoms with Crippen LogP contribution in [0.1, 0.15) is 29.0 Å². The molecule has 0 bridgehead atoms. The van der Waals surface area contributed by atoms with E-state index in [0.29, 0.717) is 23.8 Å². The number of carbonyl (C=O) groups excluding carboxylic acids is 1. The first-order valence-corrected chi connectivity index (χ1v) is 8.45. The van der Waals surface area contributed by atoms with Gasteiger partial charge in [0.1, 0.15) is 12.9 Å². The fraction of sp³-hybridized carbons (Fsp3) is 0.333. The number of piperidine rings is 1. The lowest BCUT2D eigenvalue weighted by molar-refractivity contribution is -0.00962. The summed E-state index contributed by atoms with van der Waals surface area (Å²) in [7, 11) is 0. The number of amides is 1. The number of nitrogens with zero attached hydrogens (tertiary/aromatic N) is 4. The number of aromatic nitrogens is 3. The van der Waals surface area contributed by atoms with Gasteiger partial charge in [0.2, 0.25) is 0 Å². The summed E-state index contributed by atoms with van der Waals surface area (Å²) in [6.45, 7) is 1.50. The number of hydrogen-bond acceptors (Lipinski definition) is 7. The summed E-state index contributed by atoms with van der Waals surface area (Å²) in [5.41, 5.74) is 1.37. The fourth-order valence-electron chi connectivity index (χ4n) is 2.94. The minimum absolute atomic E-state index is 0.0356. The molecule has 4 rings (SSSR count). The van der Waals surface area contributed by atoms with Crippen LogP contribution in [0.15, 0.2) is 52.1 Å². The Bertz CT molecular complexity index is 847. The van der Waals surface area contributed by atoms with Crippen molar-refractivity contribution >= 4 is 5.91 Å². The highest BCUT2D eigenvalue weighted by atomic mass is 16.5. The Morgan fingerprint density at radius 1 is 1.31 bits per heavy atom. The number of furan rings is 1. The monoisotopic (exact) mass is 354 g/mol. The Hall–Kier alpha value is -3.00. The van der Waals surface area contributed by atoms with Crippen LogP contribution >= 0.6 is 0 Å². The molecule has 1 aliphatic heterocycles. The average molecular weight is 354 g/mol. The van der Waals surface area contributed by atoms with Crippen molar-refractivity contribution in [1.82, 2.24) is 20.0 Å². The SMILES string of the molecule is O=C(c1ccoc1)N1CCCC(OCc2noc(-c3ccncc3)n2)C1. The van der Waals surface area contributed by atoms with Gasteiger partial charge in [0.05, 0.1) is 17.9 Å². The summed E-state index contributed by atoms with van der Waals surface area (Å²) in [5.74, 6) is 0.882. The second-order valence-corrected chi connectivity index (χ2v) is 6.09. The second-order valence-electron chi connectivity index (χ2n) is 6.09. The van der Waals surface area contributed by atoms with Crippen LogP contribution in [0.4, 0.5) is 0 Å². The lowest BCUT2D eigenvalue weighted by atomic mass is 10.1. The highest BCUT2D eigenvalue weighted by Gasteiger charge is 2.26. The molecular formula is C18H18N4O4. The van der Waals surface area contributed by atoms with Gasteiger partial charge in [-0.05, 0) is 31.0 Å². The second kappa shape index (κ2) is 7.49. The summed E-state index contributed by atoms with van der Waals surface area (Å²) in [6.07, 6.45) is 8.04. The first-order valence-electron chi connectivity index (χ1n) is 8.45. The standard InChI is InChI=1S/C18H18N4O4/c23-18(14-5-9-24-11-14)22-8-1-2-15(10-22)25-12-16-20-17(26-21-16)13-3-6-19-7-4-13/h3-7,9,11,15H,1-2,8,10,12H2. The van der Waals surface area contributed by atoms with Gasteiger partial charge in [0, 0.05) is 31.0 Å². The Morgan fingerprint density at radius 3 is 3.00 bits per heavy atom. The van der Waals surface area contributed by atoms with E-state index in [1.165, 1.54) is 12.5 Å². The van der Waals surface area contributed by atoms with Crippen LogP contribution in [0.5, 0.6) is 0 Å². The molecule has 3 aromatic heterocycles. The first kappa shape index (κ1) is 16.5. The molecule has 0 saturated carbocycles. The van der Waals surface area contributed by atoms with Gasteiger partial charge in [0.15, 0.2) is 5.82 Å². The van der Waals surface area contributed by atoms with E-state index in [-0.39, 0.29) is 18.6 Å². The third-order valence-electron chi connectivity index (χ3n) is 4.28. The Balaban J connectivity index is 1.33. The molecule has 8 heteroatoms. The van der Waals surface area contributed by atoms with Gasteiger partial charge in [-0.25, -0.2) is 0 Å². The molecule has 134 valence electrons. The molecule has 26 heavy (non-hydrogen) atoms. The topological polar surface area (TPSA) is 94.5 Å². The fourth-order valence-corrected chi connectivity index (χ4v) is 2.94. The van der Waals surface area contributed by atoms with E-state index < -0.39 is 0 Å². The minimum atomic E-state index is -0.0533. The van der Waals surface area contributed by atoms with Crippen molar-refractivity contribution in [1.29, 1.82) is 0 Å². The smallest absolute Gasteiger partial charge is 0.258 e. The predicted molar refractivity (Wildman–Crippen MR) is 90.0 cm³/mol. The molecule has 0 radical (unpaired) electrons. The van der Waals surface area contributed by atoms with Crippen molar-refractivity contribution < 1.29 is 18.5 Å². The number of pyridine rings is 1. The van der Waals surface area contributed by atoms with Crippen molar-refractivity contribution in [2.75, 3.05) is 13.1 Å². The van der Waals surface area contributed by atoms with Crippen molar-refractivity contribution in [3.8, 4) is 11.5 Å². The predicted octanol–water partition coefficient (Wildman–Crippen LogP) is 2.55. The van der Waals surface area contributed by atoms with Crippen LogP contribution in [0.25, 0.3) is 11.5 Å². The number of carbonyl (C=O) groups is 1. The third kappa shape index (κ3) is 3.65. The van der Waals surface area contributed by atoms with Gasteiger partial charge in [-0.3, -0.25) is 9.78 Å². The number of rotatable bonds is 5. The molecule has 1 atom stereocenters. The van der Waals surface area contributed by atoms with Gasteiger partial charge in [0.25, 0.3) is 11.8 Å². The van der Waals surface area contributed by atoms with Crippen molar-refractivity contribution in [2.45, 2.75) is 25.6 Å². The zero-order valence-electron chi connectivity index (χ0n) is 14.1. The highest BCUT2D eigenvalue weighted by Crippen LogP contribution is 2.19. The van der Waals surface area contributed by atoms with Crippen molar-refractivity contribution in [3.63, 3.8) is 0 Å². The summed E-state index contributed by atoms with van der Waals surface area (Å²) in [6, 6.07) is 5.28. The summed E-state index contributed by atoms with van der Waals surface area (Å²) in [5, 5.41) is 3.95. The van der Waals surface area contributed by atoms with E-state index in [9.17, 15) is 4.79 Å². The Kier molecular flexibility index (Phi) is 4.74. The minimum Gasteiger partial charge on any atom is -0.472 e. The zero-order chi connectivity index (χ0) is 17.8. The number of ether oxygens (including phenoxy) is 1. The molecule has 1 unspecified atom stereocenters. The molecule has 8 nitrogen and oxygen atoms in total. The van der Waals surface area contributed by atoms with E-state index in [1.54, 1.807) is 35.5 Å². The van der Waals surface area contributed by atoms with Gasteiger partial charge in [-0.15, -0.1) is 0 Å². The number of likely N-dealkylation sites (tertiary alicyclic amines) is 1. The van der Waals surface area contributed by atoms with Crippen LogP contribution in [0.2, 0.25) is 0 Å². The average Bonchev–Trinajstić information content (AvgIpc) is 3.39. The first-order chi connectivity index (χ1) is 12.8. The quantitative estimate of drug-likeness (QED) is 0.695. The molecular weight excluding hydrogens is 336 g/mol. The van der Waals surface area contributed by atoms with Crippen LogP contribution in [0.3, 0.4) is 0 Å². The molecule has 1 amide bonds. The van der Waals surface area contributed by atoms with E-state index in [1.807, 2.05) is 0 Å². The van der Waals surface area contributed by atoms with Gasteiger partial charge < -0.3 is 18.6 Å². The van der Waals surface area contributed by atoms with Gasteiger partial charge in [-0.1, -0.05) is 5.16 Å². The molecule has 0 N–H and O–H groups in total. The lowest BCUT2D eigenvalue weighted by Gasteiger charge is -2.32. The molecule has 0 aliphatic carbocycles. The van der Waals surface area contributed by atoms with Gasteiger partial charge in [-0.2, -0.15) is 4.98 Å². The molecule has 3 aromatic rings. The van der Waals surface area contributed by atoms with Crippen molar-refractivity contribution in [2.24, 2.45) is 0 Å². The van der Waals surface area contributed by atoms with E-state index in [0.717, 1.165) is 24.9 Å². The lowest BCUT2D eigenvalue weighted by Crippen LogP contribution is -2.43. The van der Waals surface area contributed by atoms with Crippen LogP contribution in [-0.4, -0.2) is 45.1 Å². The van der Waals surface area contributed by atoms with Crippen LogP contribution in [0, 0.1) is 0 Å². The van der Waals surface area contributed by atoms with E-state index >= 15 is 0 Å². The van der Waals surface area contributed by atoms with Crippen LogP contribution < -0.4 is 0 Å². The van der Waals surface area contributed by atoms with Crippen molar-refractivity contribution in [3.05, 3.63) is 54.5 Å². The van der Waals surface area contributed by atoms with Gasteiger partial charge >= 0.3 is 0 Å². The maximum atomic E-state index is 12.4. The molecule has 1 aliphatic rings. The normalized spacial score (nSPS) is 17.4. The molecule has 1 saturated heterocycles. The Labute approximate surface area is 149 Å². The highest BCUT2D eigenvalue weighted by molar-refractivity contribution is 5.93. The Morgan fingerprint density at radius 2 is 2.19 bits per heavy atom. The number of hydrogen-bond donors (Lipinski definition) is 0. The molecule has 4 heterocycles. The molecule has 0 aromatic carbocycles. The molecule has 0 spiro atoms. The summed E-state index contributed by atoms with van der Waals surface area (Å²) < 4.78 is 16.1. The maximum Gasteiger partial charge on any atom is 0.258 e. The molecule has 1 fully saturated rings. The van der Waals surface area contributed by atoms with E-state index in [4.69, 9.17) is 13.7 Å². The zero-order valence-corrected chi connectivity index (χ0v) is 14.1.